The standard InChI is InChI=1S/C27H30INO4S/c1-26-13-21(31)24-17-9-7-16(30)12-15(17)6-8-18(24)19(26)10-11-27(26,28)23(32)14-34-25-29-20-4-2-3-5-22(20)33-25/h3,5,7,9,12,17-19,21,24,31H,2,4,6,8,10-11,13-14H2,1H3/t17?,18?,19?,21-,24?,26?,27-/m0/s1. The van der Waals surface area contributed by atoms with Crippen molar-refractivity contribution in [1.29, 1.82) is 0 Å². The number of ketones is 2. The summed E-state index contributed by atoms with van der Waals surface area (Å²) in [5.74, 6) is 2.59. The first kappa shape index (κ1) is 23.2. The molecule has 0 amide bonds. The monoisotopic (exact) mass is 591 g/mol. The smallest absolute Gasteiger partial charge is 0.256 e. The number of thioether (sulfide) groups is 1. The first-order valence-electron chi connectivity index (χ1n) is 12.4. The van der Waals surface area contributed by atoms with Gasteiger partial charge in [0.2, 0.25) is 0 Å². The predicted molar refractivity (Wildman–Crippen MR) is 140 cm³/mol. The van der Waals surface area contributed by atoms with Crippen LogP contribution in [0, 0.1) is 29.1 Å². The Kier molecular flexibility index (Phi) is 5.77. The number of aromatic nitrogens is 1. The largest absolute Gasteiger partial charge is 0.432 e. The summed E-state index contributed by atoms with van der Waals surface area (Å²) in [7, 11) is 0. The molecule has 5 nitrogen and oxygen atoms in total. The minimum atomic E-state index is -0.491. The van der Waals surface area contributed by atoms with E-state index in [4.69, 9.17) is 4.42 Å². The van der Waals surface area contributed by atoms with Gasteiger partial charge in [-0.3, -0.25) is 9.59 Å². The number of hydrogen-bond donors (Lipinski definition) is 1. The molecule has 7 heteroatoms. The van der Waals surface area contributed by atoms with Crippen molar-refractivity contribution in [3.8, 4) is 0 Å². The first-order valence-corrected chi connectivity index (χ1v) is 14.5. The molecule has 34 heavy (non-hydrogen) atoms. The van der Waals surface area contributed by atoms with Gasteiger partial charge in [0.15, 0.2) is 17.3 Å². The Balaban J connectivity index is 1.21. The van der Waals surface area contributed by atoms with Crippen LogP contribution in [-0.2, 0) is 16.0 Å². The van der Waals surface area contributed by atoms with Crippen LogP contribution in [0.5, 0.6) is 0 Å². The van der Waals surface area contributed by atoms with Crippen LogP contribution in [0.4, 0.5) is 0 Å². The zero-order valence-corrected chi connectivity index (χ0v) is 22.3. The lowest BCUT2D eigenvalue weighted by molar-refractivity contribution is -0.127. The molecule has 5 aliphatic carbocycles. The van der Waals surface area contributed by atoms with Crippen LogP contribution in [0.2, 0.25) is 0 Å². The average molecular weight is 592 g/mol. The number of aliphatic hydroxyl groups excluding tert-OH is 1. The van der Waals surface area contributed by atoms with E-state index >= 15 is 0 Å². The van der Waals surface area contributed by atoms with E-state index in [-0.39, 0.29) is 28.8 Å². The fraction of sp³-hybridized carbons (Fsp3) is 0.593. The summed E-state index contributed by atoms with van der Waals surface area (Å²) in [4.78, 5) is 30.2. The Morgan fingerprint density at radius 1 is 1.32 bits per heavy atom. The Morgan fingerprint density at radius 3 is 3.00 bits per heavy atom. The number of allylic oxidation sites excluding steroid dienone is 5. The molecule has 1 aromatic heterocycles. The lowest BCUT2D eigenvalue weighted by atomic mass is 9.50. The van der Waals surface area contributed by atoms with Crippen molar-refractivity contribution in [2.24, 2.45) is 29.1 Å². The molecule has 0 saturated heterocycles. The molecule has 3 saturated carbocycles. The van der Waals surface area contributed by atoms with Crippen LogP contribution in [-0.4, -0.2) is 36.9 Å². The SMILES string of the molecule is CC12C[C@H](O)C3C4C=CC(=O)C=C4CCC3C1CC[C@]2(I)C(=O)CSc1nc2c(o1)C=CCC2. The number of halogens is 1. The predicted octanol–water partition coefficient (Wildman–Crippen LogP) is 5.36. The lowest BCUT2D eigenvalue weighted by Crippen LogP contribution is -2.57. The summed E-state index contributed by atoms with van der Waals surface area (Å²) in [5.41, 5.74) is 1.94. The zero-order valence-electron chi connectivity index (χ0n) is 19.3. The van der Waals surface area contributed by atoms with Crippen LogP contribution in [0.1, 0.15) is 56.9 Å². The Labute approximate surface area is 218 Å². The van der Waals surface area contributed by atoms with Gasteiger partial charge in [-0.25, -0.2) is 4.98 Å². The molecule has 0 bridgehead atoms. The normalized spacial score (nSPS) is 40.3. The molecule has 1 N–H and O–H groups in total. The molecular weight excluding hydrogens is 561 g/mol. The van der Waals surface area contributed by atoms with Gasteiger partial charge < -0.3 is 9.52 Å². The fourth-order valence-electron chi connectivity index (χ4n) is 7.69. The summed E-state index contributed by atoms with van der Waals surface area (Å²) in [6.45, 7) is 2.25. The van der Waals surface area contributed by atoms with Crippen LogP contribution in [0.25, 0.3) is 6.08 Å². The maximum Gasteiger partial charge on any atom is 0.256 e. The molecule has 180 valence electrons. The molecule has 5 aliphatic rings. The van der Waals surface area contributed by atoms with Gasteiger partial charge in [-0.15, -0.1) is 0 Å². The van der Waals surface area contributed by atoms with Gasteiger partial charge in [0.1, 0.15) is 0 Å². The van der Waals surface area contributed by atoms with Crippen molar-refractivity contribution < 1.29 is 19.1 Å². The number of Topliss-reactive ketones (excluding diaryl/α,β-unsaturated/α-hetero) is 1. The highest BCUT2D eigenvalue weighted by atomic mass is 127. The number of nitrogens with zero attached hydrogens (tertiary/aromatic N) is 1. The van der Waals surface area contributed by atoms with E-state index in [0.29, 0.717) is 29.2 Å². The first-order chi connectivity index (χ1) is 16.3. The van der Waals surface area contributed by atoms with Crippen LogP contribution in [0.3, 0.4) is 0 Å². The number of carbonyl (C=O) groups excluding carboxylic acids is 2. The third-order valence-corrected chi connectivity index (χ3v) is 12.5. The van der Waals surface area contributed by atoms with Crippen LogP contribution < -0.4 is 0 Å². The number of aryl methyl sites for hydroxylation is 1. The van der Waals surface area contributed by atoms with E-state index in [2.05, 4.69) is 40.6 Å². The maximum atomic E-state index is 13.7. The number of carbonyl (C=O) groups is 2. The maximum absolute atomic E-state index is 13.7. The van der Waals surface area contributed by atoms with Gasteiger partial charge >= 0.3 is 0 Å². The van der Waals surface area contributed by atoms with E-state index in [9.17, 15) is 14.7 Å². The number of oxazole rings is 1. The van der Waals surface area contributed by atoms with E-state index in [1.807, 2.05) is 12.2 Å². The van der Waals surface area contributed by atoms with E-state index in [1.54, 1.807) is 12.2 Å². The second kappa shape index (κ2) is 8.44. The van der Waals surface area contributed by atoms with E-state index in [0.717, 1.165) is 50.0 Å². The molecule has 3 fully saturated rings. The van der Waals surface area contributed by atoms with Gasteiger partial charge in [0, 0.05) is 5.92 Å². The number of aliphatic hydroxyl groups is 1. The van der Waals surface area contributed by atoms with Crippen LogP contribution in [0.15, 0.2) is 39.5 Å². The van der Waals surface area contributed by atoms with Crippen molar-refractivity contribution >= 4 is 52.0 Å². The third kappa shape index (κ3) is 3.47. The average Bonchev–Trinajstić information content (AvgIpc) is 3.35. The van der Waals surface area contributed by atoms with Crippen LogP contribution >= 0.6 is 34.4 Å². The molecule has 0 aliphatic heterocycles. The molecule has 0 radical (unpaired) electrons. The lowest BCUT2D eigenvalue weighted by Gasteiger charge is -2.56. The highest BCUT2D eigenvalue weighted by Crippen LogP contribution is 2.67. The van der Waals surface area contributed by atoms with E-state index < -0.39 is 9.53 Å². The zero-order chi connectivity index (χ0) is 23.7. The molecule has 1 heterocycles. The molecule has 7 atom stereocenters. The Bertz CT molecular complexity index is 1140. The highest BCUT2D eigenvalue weighted by Gasteiger charge is 2.66. The Morgan fingerprint density at radius 2 is 2.18 bits per heavy atom. The molecule has 0 aromatic carbocycles. The summed E-state index contributed by atoms with van der Waals surface area (Å²) >= 11 is 3.84. The van der Waals surface area contributed by atoms with Crippen molar-refractivity contribution in [2.45, 2.75) is 66.6 Å². The van der Waals surface area contributed by atoms with Crippen molar-refractivity contribution in [3.05, 3.63) is 41.3 Å². The minimum Gasteiger partial charge on any atom is -0.432 e. The molecule has 1 aromatic rings. The highest BCUT2D eigenvalue weighted by molar-refractivity contribution is 14.1. The van der Waals surface area contributed by atoms with Gasteiger partial charge in [-0.2, -0.15) is 0 Å². The molecular formula is C27H30INO4S. The molecule has 5 unspecified atom stereocenters. The molecule has 6 rings (SSSR count). The van der Waals surface area contributed by atoms with Gasteiger partial charge in [0.25, 0.3) is 5.22 Å². The summed E-state index contributed by atoms with van der Waals surface area (Å²) in [6.07, 6.45) is 15.4. The minimum absolute atomic E-state index is 0.0676. The molecule has 0 spiro atoms. The number of rotatable bonds is 4. The Hall–Kier alpha value is -1.19. The van der Waals surface area contributed by atoms with Gasteiger partial charge in [0.05, 0.1) is 21.0 Å². The summed E-state index contributed by atoms with van der Waals surface area (Å²) in [5, 5.41) is 12.0. The summed E-state index contributed by atoms with van der Waals surface area (Å²) in [6, 6.07) is 0. The third-order valence-electron chi connectivity index (χ3n) is 9.31. The van der Waals surface area contributed by atoms with Gasteiger partial charge in [-0.05, 0) is 86.3 Å². The topological polar surface area (TPSA) is 80.4 Å². The van der Waals surface area contributed by atoms with Crippen molar-refractivity contribution in [1.82, 2.24) is 4.98 Å². The number of alkyl halides is 1. The van der Waals surface area contributed by atoms with Gasteiger partial charge in [-0.1, -0.05) is 59.0 Å². The van der Waals surface area contributed by atoms with E-state index in [1.165, 1.54) is 17.3 Å². The fourth-order valence-corrected chi connectivity index (χ4v) is 9.90. The quantitative estimate of drug-likeness (QED) is 0.289. The number of fused-ring (bicyclic) bond motifs is 6. The van der Waals surface area contributed by atoms with Crippen molar-refractivity contribution in [2.75, 3.05) is 5.75 Å². The van der Waals surface area contributed by atoms with Crippen molar-refractivity contribution in [3.63, 3.8) is 0 Å². The number of hydrogen-bond acceptors (Lipinski definition) is 6. The second-order valence-corrected chi connectivity index (χ2v) is 13.6. The summed E-state index contributed by atoms with van der Waals surface area (Å²) < 4.78 is 5.37. The second-order valence-electron chi connectivity index (χ2n) is 10.9.